The zero-order valence-corrected chi connectivity index (χ0v) is 11.5. The van der Waals surface area contributed by atoms with Gasteiger partial charge in [-0.05, 0) is 32.1 Å². The molecule has 1 rings (SSSR count). The van der Waals surface area contributed by atoms with Gasteiger partial charge in [-0.1, -0.05) is 13.8 Å². The number of rotatable bonds is 6. The van der Waals surface area contributed by atoms with E-state index in [2.05, 4.69) is 29.0 Å². The van der Waals surface area contributed by atoms with Crippen molar-refractivity contribution in [2.45, 2.75) is 19.9 Å². The molecule has 3 N–H and O–H groups in total. The van der Waals surface area contributed by atoms with Crippen LogP contribution in [-0.2, 0) is 0 Å². The second-order valence-electron chi connectivity index (χ2n) is 4.92. The average Bonchev–Trinajstić information content (AvgIpc) is 2.28. The number of hydrogen-bond acceptors (Lipinski definition) is 4. The number of aromatic nitrogens is 1. The molecule has 0 spiro atoms. The largest absolute Gasteiger partial charge is 0.368 e. The van der Waals surface area contributed by atoms with E-state index in [-0.39, 0.29) is 0 Å². The molecule has 0 aliphatic rings. The topological polar surface area (TPSA) is 71.2 Å². The van der Waals surface area contributed by atoms with Crippen LogP contribution in [0.25, 0.3) is 0 Å². The fraction of sp³-hybridized carbons (Fsp3) is 0.538. The van der Waals surface area contributed by atoms with Crippen molar-refractivity contribution < 1.29 is 4.79 Å². The molecule has 0 saturated heterocycles. The van der Waals surface area contributed by atoms with Crippen molar-refractivity contribution in [3.8, 4) is 0 Å². The van der Waals surface area contributed by atoms with Gasteiger partial charge in [0, 0.05) is 18.8 Å². The summed E-state index contributed by atoms with van der Waals surface area (Å²) in [6.45, 7) is 5.06. The maximum absolute atomic E-state index is 11.3. The number of carbonyl (C=O) groups is 1. The molecular weight excluding hydrogens is 228 g/mol. The number of carbonyl (C=O) groups excluding carboxylic acids is 1. The second kappa shape index (κ2) is 6.35. The smallest absolute Gasteiger partial charge is 0.252 e. The first-order chi connectivity index (χ1) is 8.43. The Morgan fingerprint density at radius 2 is 2.17 bits per heavy atom. The van der Waals surface area contributed by atoms with E-state index in [4.69, 9.17) is 5.73 Å². The molecule has 5 nitrogen and oxygen atoms in total. The van der Waals surface area contributed by atoms with E-state index in [1.54, 1.807) is 18.3 Å². The predicted octanol–water partition coefficient (Wildman–Crippen LogP) is 1.18. The molecule has 100 valence electrons. The van der Waals surface area contributed by atoms with E-state index >= 15 is 0 Å². The summed E-state index contributed by atoms with van der Waals surface area (Å²) in [5, 5.41) is 3.20. The zero-order valence-electron chi connectivity index (χ0n) is 11.5. The molecule has 1 unspecified atom stereocenters. The third-order valence-electron chi connectivity index (χ3n) is 2.98. The van der Waals surface area contributed by atoms with Crippen LogP contribution in [-0.4, -0.2) is 42.5 Å². The van der Waals surface area contributed by atoms with Gasteiger partial charge in [0.15, 0.2) is 0 Å². The molecule has 1 amide bonds. The van der Waals surface area contributed by atoms with Crippen LogP contribution >= 0.6 is 0 Å². The maximum atomic E-state index is 11.3. The monoisotopic (exact) mass is 250 g/mol. The molecule has 0 saturated carbocycles. The van der Waals surface area contributed by atoms with E-state index < -0.39 is 5.91 Å². The lowest BCUT2D eigenvalue weighted by Gasteiger charge is -2.28. The Balaban J connectivity index is 2.76. The molecule has 0 radical (unpaired) electrons. The van der Waals surface area contributed by atoms with E-state index in [9.17, 15) is 4.79 Å². The summed E-state index contributed by atoms with van der Waals surface area (Å²) in [7, 11) is 4.08. The normalized spacial score (nSPS) is 12.8. The number of nitrogens with two attached hydrogens (primary N) is 1. The van der Waals surface area contributed by atoms with Crippen molar-refractivity contribution in [3.05, 3.63) is 23.9 Å². The molecule has 0 aliphatic carbocycles. The number of nitrogens with zero attached hydrogens (tertiary/aromatic N) is 2. The Morgan fingerprint density at radius 1 is 1.50 bits per heavy atom. The van der Waals surface area contributed by atoms with Gasteiger partial charge in [0.1, 0.15) is 5.82 Å². The van der Waals surface area contributed by atoms with Gasteiger partial charge in [-0.3, -0.25) is 4.79 Å². The van der Waals surface area contributed by atoms with Crippen LogP contribution in [0.3, 0.4) is 0 Å². The molecule has 1 aromatic rings. The number of primary amides is 1. The molecule has 0 bridgehead atoms. The van der Waals surface area contributed by atoms with Crippen molar-refractivity contribution in [1.82, 2.24) is 9.88 Å². The lowest BCUT2D eigenvalue weighted by Crippen LogP contribution is -2.39. The first-order valence-electron chi connectivity index (χ1n) is 6.08. The van der Waals surface area contributed by atoms with Crippen LogP contribution in [0.4, 0.5) is 5.82 Å². The van der Waals surface area contributed by atoms with E-state index in [1.165, 1.54) is 0 Å². The number of nitrogens with one attached hydrogen (secondary N) is 1. The summed E-state index contributed by atoms with van der Waals surface area (Å²) < 4.78 is 0. The fourth-order valence-corrected chi connectivity index (χ4v) is 1.96. The lowest BCUT2D eigenvalue weighted by atomic mass is 10.0. The molecule has 1 heterocycles. The van der Waals surface area contributed by atoms with Gasteiger partial charge >= 0.3 is 0 Å². The second-order valence-corrected chi connectivity index (χ2v) is 4.92. The highest BCUT2D eigenvalue weighted by atomic mass is 16.1. The minimum Gasteiger partial charge on any atom is -0.368 e. The average molecular weight is 250 g/mol. The van der Waals surface area contributed by atoms with Gasteiger partial charge in [-0.2, -0.15) is 0 Å². The van der Waals surface area contributed by atoms with Crippen LogP contribution in [0.2, 0.25) is 0 Å². The van der Waals surface area contributed by atoms with Gasteiger partial charge in [0.25, 0.3) is 5.91 Å². The van der Waals surface area contributed by atoms with Crippen LogP contribution < -0.4 is 11.1 Å². The summed E-state index contributed by atoms with van der Waals surface area (Å²) >= 11 is 0. The Hall–Kier alpha value is -1.62. The Morgan fingerprint density at radius 3 is 2.67 bits per heavy atom. The van der Waals surface area contributed by atoms with Crippen LogP contribution in [0.15, 0.2) is 18.3 Å². The Kier molecular flexibility index (Phi) is 5.09. The van der Waals surface area contributed by atoms with E-state index in [0.717, 1.165) is 6.54 Å². The van der Waals surface area contributed by atoms with Crippen molar-refractivity contribution in [2.24, 2.45) is 11.7 Å². The zero-order chi connectivity index (χ0) is 13.7. The molecular formula is C13H22N4O. The van der Waals surface area contributed by atoms with Gasteiger partial charge in [0.2, 0.25) is 0 Å². The number of likely N-dealkylation sites (N-methyl/N-ethyl adjacent to an activating group) is 1. The van der Waals surface area contributed by atoms with Crippen molar-refractivity contribution in [1.29, 1.82) is 0 Å². The molecule has 1 atom stereocenters. The minimum absolute atomic E-state index is 0.368. The molecule has 18 heavy (non-hydrogen) atoms. The summed E-state index contributed by atoms with van der Waals surface area (Å²) in [4.78, 5) is 17.6. The molecule has 0 aliphatic heterocycles. The predicted molar refractivity (Wildman–Crippen MR) is 73.6 cm³/mol. The number of pyridine rings is 1. The van der Waals surface area contributed by atoms with Crippen molar-refractivity contribution >= 4 is 11.7 Å². The standard InChI is InChI=1S/C13H22N4O/c1-9(2)11(17(3)4)8-16-13-10(12(14)18)6-5-7-15-13/h5-7,9,11H,8H2,1-4H3,(H2,14,18)(H,15,16). The van der Waals surface area contributed by atoms with Crippen LogP contribution in [0.5, 0.6) is 0 Å². The van der Waals surface area contributed by atoms with E-state index in [1.807, 2.05) is 14.1 Å². The Labute approximate surface area is 108 Å². The van der Waals surface area contributed by atoms with E-state index in [0.29, 0.717) is 23.3 Å². The highest BCUT2D eigenvalue weighted by Crippen LogP contribution is 2.13. The summed E-state index contributed by atoms with van der Waals surface area (Å²) in [6, 6.07) is 3.75. The first kappa shape index (κ1) is 14.4. The van der Waals surface area contributed by atoms with Crippen LogP contribution in [0, 0.1) is 5.92 Å². The number of hydrogen-bond donors (Lipinski definition) is 2. The highest BCUT2D eigenvalue weighted by Gasteiger charge is 2.17. The van der Waals surface area contributed by atoms with Gasteiger partial charge in [0.05, 0.1) is 5.56 Å². The molecule has 5 heteroatoms. The van der Waals surface area contributed by atoms with Gasteiger partial charge < -0.3 is 16.0 Å². The summed E-state index contributed by atoms with van der Waals surface area (Å²) in [5.74, 6) is 0.599. The summed E-state index contributed by atoms with van der Waals surface area (Å²) in [6.07, 6.45) is 1.65. The van der Waals surface area contributed by atoms with Crippen molar-refractivity contribution in [2.75, 3.05) is 26.0 Å². The number of anilines is 1. The minimum atomic E-state index is -0.462. The third-order valence-corrected chi connectivity index (χ3v) is 2.98. The first-order valence-corrected chi connectivity index (χ1v) is 6.08. The maximum Gasteiger partial charge on any atom is 0.252 e. The van der Waals surface area contributed by atoms with Gasteiger partial charge in [-0.15, -0.1) is 0 Å². The lowest BCUT2D eigenvalue weighted by molar-refractivity contribution is 0.100. The Bertz CT molecular complexity index is 396. The van der Waals surface area contributed by atoms with Crippen LogP contribution in [0.1, 0.15) is 24.2 Å². The third kappa shape index (κ3) is 3.70. The quantitative estimate of drug-likeness (QED) is 0.795. The van der Waals surface area contributed by atoms with Gasteiger partial charge in [-0.25, -0.2) is 4.98 Å². The fourth-order valence-electron chi connectivity index (χ4n) is 1.96. The summed E-state index contributed by atoms with van der Waals surface area (Å²) in [5.41, 5.74) is 5.74. The molecule has 0 aromatic carbocycles. The van der Waals surface area contributed by atoms with Crippen molar-refractivity contribution in [3.63, 3.8) is 0 Å². The SMILES string of the molecule is CC(C)C(CNc1ncccc1C(N)=O)N(C)C. The highest BCUT2D eigenvalue weighted by molar-refractivity contribution is 5.97. The molecule has 1 aromatic heterocycles. The number of amides is 1. The molecule has 0 fully saturated rings.